The number of rotatable bonds is 3. The number of piperidine rings is 1. The molecule has 1 aromatic rings. The van der Waals surface area contributed by atoms with Crippen LogP contribution in [0, 0.1) is 0 Å². The molecule has 0 unspecified atom stereocenters. The van der Waals surface area contributed by atoms with Gasteiger partial charge in [-0.05, 0) is 30.5 Å². The number of hydrogen-bond donors (Lipinski definition) is 2. The lowest BCUT2D eigenvalue weighted by molar-refractivity contribution is -0.0153. The van der Waals surface area contributed by atoms with Gasteiger partial charge in [-0.2, -0.15) is 0 Å². The molecular formula is C13H19BrN2O. The molecule has 1 heterocycles. The molecule has 3 N–H and O–H groups in total. The summed E-state index contributed by atoms with van der Waals surface area (Å²) < 4.78 is 1.11. The second-order valence-electron chi connectivity index (χ2n) is 4.83. The van der Waals surface area contributed by atoms with E-state index >= 15 is 0 Å². The molecule has 1 fully saturated rings. The van der Waals surface area contributed by atoms with Gasteiger partial charge in [0.15, 0.2) is 0 Å². The molecule has 17 heavy (non-hydrogen) atoms. The summed E-state index contributed by atoms with van der Waals surface area (Å²) in [4.78, 5) is 2.37. The van der Waals surface area contributed by atoms with E-state index < -0.39 is 5.60 Å². The highest BCUT2D eigenvalue weighted by Crippen LogP contribution is 2.22. The van der Waals surface area contributed by atoms with E-state index in [1.54, 1.807) is 0 Å². The van der Waals surface area contributed by atoms with E-state index in [0.29, 0.717) is 6.54 Å². The summed E-state index contributed by atoms with van der Waals surface area (Å²) in [6.45, 7) is 3.17. The maximum Gasteiger partial charge on any atom is 0.0793 e. The number of halogens is 1. The van der Waals surface area contributed by atoms with Gasteiger partial charge in [-0.25, -0.2) is 0 Å². The number of nitrogens with zero attached hydrogens (tertiary/aromatic N) is 1. The molecule has 0 atom stereocenters. The Kier molecular flexibility index (Phi) is 4.20. The Morgan fingerprint density at radius 2 is 1.82 bits per heavy atom. The topological polar surface area (TPSA) is 49.5 Å². The highest BCUT2D eigenvalue weighted by molar-refractivity contribution is 9.10. The molecule has 1 aromatic carbocycles. The molecule has 0 spiro atoms. The van der Waals surface area contributed by atoms with Gasteiger partial charge in [0, 0.05) is 30.7 Å². The van der Waals surface area contributed by atoms with Crippen molar-refractivity contribution in [2.24, 2.45) is 5.73 Å². The average molecular weight is 299 g/mol. The van der Waals surface area contributed by atoms with Gasteiger partial charge in [0.05, 0.1) is 5.60 Å². The Balaban J connectivity index is 1.88. The van der Waals surface area contributed by atoms with Gasteiger partial charge >= 0.3 is 0 Å². The van der Waals surface area contributed by atoms with Crippen molar-refractivity contribution in [3.05, 3.63) is 34.3 Å². The molecule has 2 rings (SSSR count). The molecule has 0 amide bonds. The normalized spacial score (nSPS) is 20.4. The molecule has 0 bridgehead atoms. The van der Waals surface area contributed by atoms with E-state index in [4.69, 9.17) is 5.73 Å². The van der Waals surface area contributed by atoms with Crippen molar-refractivity contribution in [1.82, 2.24) is 4.90 Å². The van der Waals surface area contributed by atoms with Crippen molar-refractivity contribution in [2.75, 3.05) is 19.6 Å². The van der Waals surface area contributed by atoms with Crippen LogP contribution in [0.1, 0.15) is 18.4 Å². The van der Waals surface area contributed by atoms with Crippen LogP contribution in [-0.2, 0) is 6.54 Å². The number of aliphatic hydroxyl groups is 1. The van der Waals surface area contributed by atoms with E-state index in [9.17, 15) is 5.11 Å². The minimum atomic E-state index is -0.629. The van der Waals surface area contributed by atoms with E-state index in [2.05, 4.69) is 45.1 Å². The molecular weight excluding hydrogens is 280 g/mol. The van der Waals surface area contributed by atoms with Gasteiger partial charge in [0.1, 0.15) is 0 Å². The maximum atomic E-state index is 10.0. The summed E-state index contributed by atoms with van der Waals surface area (Å²) in [5.74, 6) is 0. The Hall–Kier alpha value is -0.420. The zero-order valence-electron chi connectivity index (χ0n) is 9.90. The molecule has 1 aliphatic heterocycles. The third-order valence-corrected chi connectivity index (χ3v) is 4.01. The van der Waals surface area contributed by atoms with Gasteiger partial charge in [0.2, 0.25) is 0 Å². The standard InChI is InChI=1S/C13H19BrN2O/c14-12-3-1-11(2-4-12)9-16-7-5-13(17,10-15)6-8-16/h1-4,17H,5-10,15H2. The van der Waals surface area contributed by atoms with E-state index in [-0.39, 0.29) is 0 Å². The zero-order valence-corrected chi connectivity index (χ0v) is 11.5. The maximum absolute atomic E-state index is 10.0. The van der Waals surface area contributed by atoms with Crippen molar-refractivity contribution in [1.29, 1.82) is 0 Å². The van der Waals surface area contributed by atoms with Gasteiger partial charge in [-0.15, -0.1) is 0 Å². The fourth-order valence-electron chi connectivity index (χ4n) is 2.18. The molecule has 0 aliphatic carbocycles. The molecule has 1 saturated heterocycles. The number of hydrogen-bond acceptors (Lipinski definition) is 3. The highest BCUT2D eigenvalue weighted by Gasteiger charge is 2.30. The lowest BCUT2D eigenvalue weighted by Crippen LogP contribution is -2.48. The predicted molar refractivity (Wildman–Crippen MR) is 72.7 cm³/mol. The van der Waals surface area contributed by atoms with Crippen molar-refractivity contribution >= 4 is 15.9 Å². The van der Waals surface area contributed by atoms with Crippen LogP contribution in [0.3, 0.4) is 0 Å². The first-order valence-corrected chi connectivity index (χ1v) is 6.80. The van der Waals surface area contributed by atoms with Gasteiger partial charge in [-0.3, -0.25) is 4.90 Å². The number of nitrogens with two attached hydrogens (primary N) is 1. The number of likely N-dealkylation sites (tertiary alicyclic amines) is 1. The minimum absolute atomic E-state index is 0.374. The van der Waals surface area contributed by atoms with Gasteiger partial charge in [-0.1, -0.05) is 28.1 Å². The van der Waals surface area contributed by atoms with Crippen molar-refractivity contribution in [3.8, 4) is 0 Å². The van der Waals surface area contributed by atoms with E-state index in [1.807, 2.05) is 0 Å². The quantitative estimate of drug-likeness (QED) is 0.894. The Bertz CT molecular complexity index is 358. The van der Waals surface area contributed by atoms with Crippen LogP contribution in [-0.4, -0.2) is 35.2 Å². The lowest BCUT2D eigenvalue weighted by atomic mass is 9.91. The molecule has 3 nitrogen and oxygen atoms in total. The van der Waals surface area contributed by atoms with Gasteiger partial charge in [0.25, 0.3) is 0 Å². The van der Waals surface area contributed by atoms with Crippen LogP contribution in [0.2, 0.25) is 0 Å². The SMILES string of the molecule is NCC1(O)CCN(Cc2ccc(Br)cc2)CC1. The Morgan fingerprint density at radius 3 is 2.35 bits per heavy atom. The van der Waals surface area contributed by atoms with Crippen LogP contribution in [0.25, 0.3) is 0 Å². The molecule has 4 heteroatoms. The van der Waals surface area contributed by atoms with Crippen LogP contribution in [0.5, 0.6) is 0 Å². The molecule has 0 aromatic heterocycles. The molecule has 0 radical (unpaired) electrons. The fraction of sp³-hybridized carbons (Fsp3) is 0.538. The van der Waals surface area contributed by atoms with Crippen LogP contribution < -0.4 is 5.73 Å². The molecule has 0 saturated carbocycles. The summed E-state index contributed by atoms with van der Waals surface area (Å²) in [5, 5.41) is 10.0. The van der Waals surface area contributed by atoms with Crippen LogP contribution >= 0.6 is 15.9 Å². The Labute approximate surface area is 111 Å². The van der Waals surface area contributed by atoms with Crippen molar-refractivity contribution in [2.45, 2.75) is 25.0 Å². The second-order valence-corrected chi connectivity index (χ2v) is 5.75. The van der Waals surface area contributed by atoms with Crippen LogP contribution in [0.4, 0.5) is 0 Å². The van der Waals surface area contributed by atoms with Crippen molar-refractivity contribution in [3.63, 3.8) is 0 Å². The third kappa shape index (κ3) is 3.52. The summed E-state index contributed by atoms with van der Waals surface area (Å²) in [6, 6.07) is 8.40. The molecule has 94 valence electrons. The smallest absolute Gasteiger partial charge is 0.0793 e. The first-order valence-electron chi connectivity index (χ1n) is 6.01. The summed E-state index contributed by atoms with van der Waals surface area (Å²) >= 11 is 3.43. The van der Waals surface area contributed by atoms with E-state index in [0.717, 1.165) is 36.9 Å². The van der Waals surface area contributed by atoms with Crippen molar-refractivity contribution < 1.29 is 5.11 Å². The Morgan fingerprint density at radius 1 is 1.24 bits per heavy atom. The summed E-state index contributed by atoms with van der Waals surface area (Å²) in [6.07, 6.45) is 1.56. The predicted octanol–water partition coefficient (Wildman–Crippen LogP) is 1.73. The van der Waals surface area contributed by atoms with E-state index in [1.165, 1.54) is 5.56 Å². The zero-order chi connectivity index (χ0) is 12.3. The largest absolute Gasteiger partial charge is 0.388 e. The highest BCUT2D eigenvalue weighted by atomic mass is 79.9. The molecule has 1 aliphatic rings. The fourth-order valence-corrected chi connectivity index (χ4v) is 2.44. The van der Waals surface area contributed by atoms with Crippen LogP contribution in [0.15, 0.2) is 28.7 Å². The first-order chi connectivity index (χ1) is 8.11. The lowest BCUT2D eigenvalue weighted by Gasteiger charge is -2.37. The third-order valence-electron chi connectivity index (χ3n) is 3.49. The second kappa shape index (κ2) is 5.48. The summed E-state index contributed by atoms with van der Waals surface area (Å²) in [7, 11) is 0. The number of benzene rings is 1. The average Bonchev–Trinajstić information content (AvgIpc) is 2.35. The minimum Gasteiger partial charge on any atom is -0.388 e. The first kappa shape index (κ1) is 13.0. The monoisotopic (exact) mass is 298 g/mol. The summed E-state index contributed by atoms with van der Waals surface area (Å²) in [5.41, 5.74) is 6.26. The van der Waals surface area contributed by atoms with Gasteiger partial charge < -0.3 is 10.8 Å².